The highest BCUT2D eigenvalue weighted by atomic mass is 32.2. The minimum absolute atomic E-state index is 0.0189. The van der Waals surface area contributed by atoms with Crippen LogP contribution >= 0.6 is 11.8 Å². The zero-order valence-electron chi connectivity index (χ0n) is 23.1. The van der Waals surface area contributed by atoms with Crippen LogP contribution in [0.25, 0.3) is 11.1 Å². The zero-order chi connectivity index (χ0) is 29.5. The summed E-state index contributed by atoms with van der Waals surface area (Å²) in [6.07, 6.45) is 3.19. The van der Waals surface area contributed by atoms with Gasteiger partial charge in [0.15, 0.2) is 0 Å². The molecule has 1 aliphatic carbocycles. The quantitative estimate of drug-likeness (QED) is 0.285. The summed E-state index contributed by atoms with van der Waals surface area (Å²) in [4.78, 5) is 42.1. The molecule has 9 nitrogen and oxygen atoms in total. The van der Waals surface area contributed by atoms with Crippen molar-refractivity contribution in [3.63, 3.8) is 0 Å². The third kappa shape index (κ3) is 7.65. The molecule has 2 aliphatic rings. The minimum atomic E-state index is -1.06. The van der Waals surface area contributed by atoms with Gasteiger partial charge < -0.3 is 20.5 Å². The van der Waals surface area contributed by atoms with Gasteiger partial charge in [0.25, 0.3) is 5.91 Å². The van der Waals surface area contributed by atoms with Crippen LogP contribution in [-0.2, 0) is 6.54 Å². The van der Waals surface area contributed by atoms with E-state index in [0.717, 1.165) is 66.4 Å². The second kappa shape index (κ2) is 13.8. The van der Waals surface area contributed by atoms with Gasteiger partial charge in [-0.05, 0) is 66.6 Å². The number of ether oxygens (including phenoxy) is 1. The zero-order valence-corrected chi connectivity index (χ0v) is 23.9. The van der Waals surface area contributed by atoms with Crippen LogP contribution in [0.2, 0.25) is 0 Å². The molecule has 0 unspecified atom stereocenters. The molecule has 2 heterocycles. The molecule has 1 aromatic heterocycles. The number of nitrogens with one attached hydrogen (secondary N) is 2. The Bertz CT molecular complexity index is 1440. The number of pyridine rings is 1. The van der Waals surface area contributed by atoms with Crippen molar-refractivity contribution in [2.24, 2.45) is 0 Å². The van der Waals surface area contributed by atoms with E-state index < -0.39 is 17.8 Å². The molecule has 3 aromatic rings. The van der Waals surface area contributed by atoms with Gasteiger partial charge in [0.1, 0.15) is 23.4 Å². The van der Waals surface area contributed by atoms with Crippen LogP contribution in [0.15, 0.2) is 54.7 Å². The molecular weight excluding hydrogens is 559 g/mol. The van der Waals surface area contributed by atoms with Crippen LogP contribution in [0, 0.1) is 5.82 Å². The lowest BCUT2D eigenvalue weighted by Crippen LogP contribution is -2.43. The Morgan fingerprint density at radius 3 is 2.50 bits per heavy atom. The van der Waals surface area contributed by atoms with Crippen LogP contribution in [0.3, 0.4) is 0 Å². The van der Waals surface area contributed by atoms with Crippen molar-refractivity contribution in [3.8, 4) is 22.8 Å². The van der Waals surface area contributed by atoms with Crippen molar-refractivity contribution in [3.05, 3.63) is 77.2 Å². The summed E-state index contributed by atoms with van der Waals surface area (Å²) in [5.41, 5.74) is 3.49. The number of hydrogen-bond donors (Lipinski definition) is 3. The molecule has 5 rings (SSSR count). The molecular formula is C31H33FN4O5S. The molecule has 220 valence electrons. The van der Waals surface area contributed by atoms with Crippen molar-refractivity contribution in [2.45, 2.75) is 44.3 Å². The smallest absolute Gasteiger partial charge is 0.404 e. The molecule has 42 heavy (non-hydrogen) atoms. The lowest BCUT2D eigenvalue weighted by atomic mass is 9.91. The fourth-order valence-electron chi connectivity index (χ4n) is 5.43. The number of carbonyl (C=O) groups excluding carboxylic acids is 2. The molecule has 0 radical (unpaired) electrons. The fourth-order valence-corrected chi connectivity index (χ4v) is 6.41. The second-order valence-corrected chi connectivity index (χ2v) is 11.8. The largest absolute Gasteiger partial charge is 0.465 e. The maximum atomic E-state index is 14.2. The molecule has 1 saturated heterocycles. The maximum absolute atomic E-state index is 14.2. The highest BCUT2D eigenvalue weighted by Gasteiger charge is 2.25. The molecule has 1 aliphatic heterocycles. The van der Waals surface area contributed by atoms with E-state index in [1.807, 2.05) is 42.1 Å². The number of carboxylic acid groups (broad SMARTS) is 1. The van der Waals surface area contributed by atoms with E-state index >= 15 is 0 Å². The summed E-state index contributed by atoms with van der Waals surface area (Å²) in [6.45, 7) is 2.70. The Morgan fingerprint density at radius 2 is 1.79 bits per heavy atom. The molecule has 0 bridgehead atoms. The van der Waals surface area contributed by atoms with E-state index in [9.17, 15) is 18.8 Å². The normalized spacial score (nSPS) is 19.1. The van der Waals surface area contributed by atoms with Gasteiger partial charge in [-0.3, -0.25) is 14.5 Å². The summed E-state index contributed by atoms with van der Waals surface area (Å²) in [6, 6.07) is 13.8. The summed E-state index contributed by atoms with van der Waals surface area (Å²) in [5.74, 6) is 1.40. The number of aromatic nitrogens is 1. The predicted molar refractivity (Wildman–Crippen MR) is 159 cm³/mol. The van der Waals surface area contributed by atoms with E-state index in [1.165, 1.54) is 0 Å². The number of hydrogen-bond acceptors (Lipinski definition) is 7. The molecule has 2 amide bonds. The average molecular weight is 593 g/mol. The molecule has 11 heteroatoms. The Hall–Kier alpha value is -3.96. The number of thioether (sulfide) groups is 1. The molecule has 2 aromatic carbocycles. The maximum Gasteiger partial charge on any atom is 0.404 e. The third-order valence-corrected chi connectivity index (χ3v) is 8.52. The van der Waals surface area contributed by atoms with Crippen molar-refractivity contribution in [2.75, 3.05) is 24.6 Å². The first kappa shape index (κ1) is 29.5. The van der Waals surface area contributed by atoms with Crippen LogP contribution in [0.5, 0.6) is 11.6 Å². The van der Waals surface area contributed by atoms with E-state index in [2.05, 4.69) is 20.5 Å². The van der Waals surface area contributed by atoms with Crippen LogP contribution in [0.1, 0.15) is 52.0 Å². The van der Waals surface area contributed by atoms with Crippen LogP contribution in [0.4, 0.5) is 9.18 Å². The highest BCUT2D eigenvalue weighted by molar-refractivity contribution is 7.99. The molecule has 0 spiro atoms. The van der Waals surface area contributed by atoms with Crippen LogP contribution < -0.4 is 15.4 Å². The SMILES string of the molecule is O=Cc1ccc(-c2cccc(Oc3ncc(F)cc3C(=O)N[C@H]3CC[C@H](NC(=O)O)CC3)c2)c(CN2CCSCC2)c1. The summed E-state index contributed by atoms with van der Waals surface area (Å²) >= 11 is 1.94. The number of carbonyl (C=O) groups is 3. The predicted octanol–water partition coefficient (Wildman–Crippen LogP) is 5.35. The topological polar surface area (TPSA) is 121 Å². The number of benzene rings is 2. The Labute approximate surface area is 247 Å². The van der Waals surface area contributed by atoms with Gasteiger partial charge in [0.05, 0.1) is 6.20 Å². The second-order valence-electron chi connectivity index (χ2n) is 10.5. The molecule has 2 fully saturated rings. The fraction of sp³-hybridized carbons (Fsp3) is 0.355. The highest BCUT2D eigenvalue weighted by Crippen LogP contribution is 2.32. The Morgan fingerprint density at radius 1 is 1.05 bits per heavy atom. The van der Waals surface area contributed by atoms with Gasteiger partial charge in [-0.15, -0.1) is 0 Å². The summed E-state index contributed by atoms with van der Waals surface area (Å²) < 4.78 is 20.2. The van der Waals surface area contributed by atoms with E-state index in [-0.39, 0.29) is 23.5 Å². The average Bonchev–Trinajstić information content (AvgIpc) is 2.99. The first-order chi connectivity index (χ1) is 20.4. The number of aldehydes is 1. The number of halogens is 1. The van der Waals surface area contributed by atoms with Gasteiger partial charge >= 0.3 is 6.09 Å². The van der Waals surface area contributed by atoms with Gasteiger partial charge in [0, 0.05) is 48.8 Å². The molecule has 1 saturated carbocycles. The first-order valence-corrected chi connectivity index (χ1v) is 15.2. The summed E-state index contributed by atoms with van der Waals surface area (Å²) in [5, 5.41) is 14.3. The number of rotatable bonds is 9. The lowest BCUT2D eigenvalue weighted by molar-refractivity contribution is 0.0919. The third-order valence-electron chi connectivity index (χ3n) is 7.57. The Balaban J connectivity index is 1.33. The standard InChI is InChI=1S/C31H33FN4O5S/c32-23-16-28(29(38)34-24-5-7-25(8-6-24)35-31(39)40)30(33-17-23)41-26-3-1-2-21(15-26)27-9-4-20(19-37)14-22(27)18-36-10-12-42-13-11-36/h1-4,9,14-17,19,24-25,35H,5-8,10-13,18H2,(H,34,38)(H,39,40)/t24-,25-. The first-order valence-electron chi connectivity index (χ1n) is 14.0. The number of amides is 2. The van der Waals surface area contributed by atoms with E-state index in [1.54, 1.807) is 12.1 Å². The van der Waals surface area contributed by atoms with Crippen molar-refractivity contribution in [1.82, 2.24) is 20.5 Å². The van der Waals surface area contributed by atoms with Gasteiger partial charge in [-0.25, -0.2) is 14.2 Å². The molecule has 3 N–H and O–H groups in total. The van der Waals surface area contributed by atoms with Crippen molar-refractivity contribution < 1.29 is 28.6 Å². The van der Waals surface area contributed by atoms with Crippen LogP contribution in [-0.4, -0.2) is 70.0 Å². The minimum Gasteiger partial charge on any atom is -0.465 e. The summed E-state index contributed by atoms with van der Waals surface area (Å²) in [7, 11) is 0. The van der Waals surface area contributed by atoms with Crippen molar-refractivity contribution in [1.29, 1.82) is 0 Å². The monoisotopic (exact) mass is 592 g/mol. The van der Waals surface area contributed by atoms with Gasteiger partial charge in [-0.1, -0.05) is 24.3 Å². The van der Waals surface area contributed by atoms with E-state index in [4.69, 9.17) is 9.84 Å². The number of nitrogens with zero attached hydrogens (tertiary/aromatic N) is 2. The lowest BCUT2D eigenvalue weighted by Gasteiger charge is -2.29. The van der Waals surface area contributed by atoms with Gasteiger partial charge in [0.2, 0.25) is 5.88 Å². The van der Waals surface area contributed by atoms with E-state index in [0.29, 0.717) is 37.0 Å². The Kier molecular flexibility index (Phi) is 9.70. The molecule has 0 atom stereocenters. The van der Waals surface area contributed by atoms with Gasteiger partial charge in [-0.2, -0.15) is 11.8 Å². The van der Waals surface area contributed by atoms with Crippen molar-refractivity contribution >= 4 is 30.0 Å².